The molecule has 0 N–H and O–H groups in total. The summed E-state index contributed by atoms with van der Waals surface area (Å²) in [5.74, 6) is 0. The number of benzene rings is 3. The molecule has 4 aromatic rings. The van der Waals surface area contributed by atoms with Crippen molar-refractivity contribution in [3.8, 4) is 0 Å². The quantitative estimate of drug-likeness (QED) is 0.194. The van der Waals surface area contributed by atoms with Crippen molar-refractivity contribution < 1.29 is 13.7 Å². The van der Waals surface area contributed by atoms with Gasteiger partial charge in [-0.2, -0.15) is 0 Å². The van der Waals surface area contributed by atoms with Crippen molar-refractivity contribution in [3.05, 3.63) is 177 Å². The Hall–Kier alpha value is -4.64. The molecule has 2 aliphatic rings. The Bertz CT molecular complexity index is 2200. The fourth-order valence-corrected chi connectivity index (χ4v) is 7.28. The predicted octanol–water partition coefficient (Wildman–Crippen LogP) is 7.63. The Morgan fingerprint density at radius 1 is 0.776 bits per heavy atom. The third-order valence-electron chi connectivity index (χ3n) is 10.5. The summed E-state index contributed by atoms with van der Waals surface area (Å²) in [6.45, 7) is 22.9. The molecule has 1 aromatic heterocycles. The molecule has 1 aliphatic heterocycles. The third kappa shape index (κ3) is 5.77. The van der Waals surface area contributed by atoms with E-state index in [1.165, 1.54) is 27.8 Å². The largest absolute Gasteiger partial charge is 0.498 e. The van der Waals surface area contributed by atoms with E-state index in [0.29, 0.717) is 5.42 Å². The van der Waals surface area contributed by atoms with Gasteiger partial charge in [0.25, 0.3) is 0 Å². The van der Waals surface area contributed by atoms with Crippen molar-refractivity contribution in [3.63, 3.8) is 0 Å². The Balaban J connectivity index is 1.56. The highest BCUT2D eigenvalue weighted by atomic mass is 16.7. The van der Waals surface area contributed by atoms with Crippen LogP contribution >= 0.6 is 0 Å². The van der Waals surface area contributed by atoms with Gasteiger partial charge in [0.15, 0.2) is 0 Å². The predicted molar refractivity (Wildman–Crippen MR) is 206 cm³/mol. The zero-order valence-electron chi connectivity index (χ0n) is 30.0. The van der Waals surface area contributed by atoms with Crippen LogP contribution in [0.15, 0.2) is 132 Å². The molecule has 49 heavy (non-hydrogen) atoms. The molecule has 0 spiro atoms. The normalized spacial score (nSPS) is 22.3. The summed E-state index contributed by atoms with van der Waals surface area (Å²) in [7, 11) is -0.592. The van der Waals surface area contributed by atoms with Crippen molar-refractivity contribution in [2.45, 2.75) is 71.5 Å². The van der Waals surface area contributed by atoms with Gasteiger partial charge in [0.2, 0.25) is 0 Å². The van der Waals surface area contributed by atoms with E-state index >= 15 is 0 Å². The van der Waals surface area contributed by atoms with Gasteiger partial charge in [-0.3, -0.25) is 0 Å². The van der Waals surface area contributed by atoms with Crippen LogP contribution in [0.1, 0.15) is 76.3 Å². The van der Waals surface area contributed by atoms with Gasteiger partial charge < -0.3 is 13.7 Å². The number of allylic oxidation sites excluding steroid dienone is 7. The highest BCUT2D eigenvalue weighted by molar-refractivity contribution is 6.68. The summed E-state index contributed by atoms with van der Waals surface area (Å²) < 4.78 is 19.7. The summed E-state index contributed by atoms with van der Waals surface area (Å²) in [5, 5.41) is 1.67. The van der Waals surface area contributed by atoms with E-state index in [-0.39, 0.29) is 0 Å². The lowest BCUT2D eigenvalue weighted by atomic mass is 9.67. The molecule has 1 aliphatic carbocycles. The monoisotopic (exact) mass is 646 g/mol. The van der Waals surface area contributed by atoms with Gasteiger partial charge in [0.05, 0.1) is 16.6 Å². The second kappa shape index (κ2) is 13.3. The van der Waals surface area contributed by atoms with E-state index in [1.807, 2.05) is 25.2 Å². The smallest absolute Gasteiger partial charge is 0.456 e. The first kappa shape index (κ1) is 34.2. The fourth-order valence-electron chi connectivity index (χ4n) is 7.28. The second-order valence-corrected chi connectivity index (χ2v) is 14.0. The van der Waals surface area contributed by atoms with Crippen molar-refractivity contribution >= 4 is 30.8 Å². The minimum Gasteiger partial charge on any atom is -0.456 e. The molecule has 2 heterocycles. The van der Waals surface area contributed by atoms with Crippen molar-refractivity contribution in [1.82, 2.24) is 0 Å². The van der Waals surface area contributed by atoms with E-state index in [4.69, 9.17) is 13.7 Å². The molecule has 248 valence electrons. The standard InChI is InChI=1S/C45H47BO3/c1-10-13-22-37-30-34-21-17-18-25-39(34)45(37,35-23-15-14-16-24-35)36-28-26-33(27-29-36)31(4)41-38(19-11-2)32(5)42(47-41)40(20-12-3)46-48-43(6,7)44(8,9)49-46/h10-29H,2,5,30H2,1,3-4,6-9H3/b13-10-,20-12-,37-22+,38-19-,41-31-,42-40-. The van der Waals surface area contributed by atoms with Gasteiger partial charge in [0, 0.05) is 15.9 Å². The molecule has 1 atom stereocenters. The number of furan rings is 1. The molecular formula is C45H47BO3. The molecule has 4 heteroatoms. The first-order valence-corrected chi connectivity index (χ1v) is 17.2. The van der Waals surface area contributed by atoms with Crippen LogP contribution in [0.25, 0.3) is 23.7 Å². The first-order chi connectivity index (χ1) is 23.5. The molecule has 1 unspecified atom stereocenters. The number of hydrogen-bond acceptors (Lipinski definition) is 3. The second-order valence-electron chi connectivity index (χ2n) is 14.0. The van der Waals surface area contributed by atoms with Gasteiger partial charge in [-0.1, -0.05) is 135 Å². The van der Waals surface area contributed by atoms with Crippen LogP contribution in [0.4, 0.5) is 0 Å². The minimum atomic E-state index is -0.592. The summed E-state index contributed by atoms with van der Waals surface area (Å²) >= 11 is 0. The molecule has 0 bridgehead atoms. The van der Waals surface area contributed by atoms with Crippen LogP contribution in [0.3, 0.4) is 0 Å². The number of hydrogen-bond donors (Lipinski definition) is 0. The molecule has 0 radical (unpaired) electrons. The van der Waals surface area contributed by atoms with Crippen molar-refractivity contribution in [2.75, 3.05) is 0 Å². The van der Waals surface area contributed by atoms with Gasteiger partial charge in [-0.15, -0.1) is 0 Å². The van der Waals surface area contributed by atoms with Crippen LogP contribution < -0.4 is 21.3 Å². The van der Waals surface area contributed by atoms with Crippen LogP contribution in [0.5, 0.6) is 0 Å². The first-order valence-electron chi connectivity index (χ1n) is 17.2. The van der Waals surface area contributed by atoms with Crippen LogP contribution in [0.2, 0.25) is 0 Å². The lowest BCUT2D eigenvalue weighted by molar-refractivity contribution is 0.00578. The highest BCUT2D eigenvalue weighted by Crippen LogP contribution is 2.52. The zero-order chi connectivity index (χ0) is 35.0. The maximum Gasteiger partial charge on any atom is 0.498 e. The summed E-state index contributed by atoms with van der Waals surface area (Å²) in [4.78, 5) is 0. The van der Waals surface area contributed by atoms with Crippen molar-refractivity contribution in [1.29, 1.82) is 0 Å². The number of fused-ring (bicyclic) bond motifs is 1. The van der Waals surface area contributed by atoms with E-state index in [9.17, 15) is 0 Å². The van der Waals surface area contributed by atoms with Crippen molar-refractivity contribution in [2.24, 2.45) is 0 Å². The molecule has 6 rings (SSSR count). The average Bonchev–Trinajstić information content (AvgIpc) is 3.68. The highest BCUT2D eigenvalue weighted by Gasteiger charge is 2.52. The minimum absolute atomic E-state index is 0.400. The Kier molecular flexibility index (Phi) is 9.32. The Labute approximate surface area is 291 Å². The molecule has 3 nitrogen and oxygen atoms in total. The molecule has 0 saturated carbocycles. The van der Waals surface area contributed by atoms with E-state index in [1.54, 1.807) is 6.08 Å². The molecule has 1 saturated heterocycles. The van der Waals surface area contributed by atoms with Gasteiger partial charge in [-0.25, -0.2) is 0 Å². The maximum absolute atomic E-state index is 6.76. The van der Waals surface area contributed by atoms with Gasteiger partial charge >= 0.3 is 7.12 Å². The van der Waals surface area contributed by atoms with Crippen LogP contribution in [-0.2, 0) is 21.1 Å². The van der Waals surface area contributed by atoms with E-state index in [0.717, 1.165) is 38.9 Å². The maximum atomic E-state index is 6.76. The lowest BCUT2D eigenvalue weighted by Crippen LogP contribution is -2.41. The average molecular weight is 647 g/mol. The topological polar surface area (TPSA) is 31.6 Å². The molecule has 1 fully saturated rings. The summed E-state index contributed by atoms with van der Waals surface area (Å²) in [6, 6.07) is 28.8. The third-order valence-corrected chi connectivity index (χ3v) is 10.5. The van der Waals surface area contributed by atoms with Crippen LogP contribution in [-0.4, -0.2) is 18.3 Å². The SMILES string of the molecule is C=C/C=c1/c(=C)/c(=C(\C=C/C)B2OC(C)(C)C(C)(C)O2)o/c1=C(/C)c1ccc(C2(c3ccccc3)/C(=C/C=C\C)Cc3ccccc32)cc1. The van der Waals surface area contributed by atoms with E-state index < -0.39 is 23.7 Å². The molecule has 0 amide bonds. The summed E-state index contributed by atoms with van der Waals surface area (Å²) in [6.07, 6.45) is 15.2. The fraction of sp³-hybridized carbons (Fsp3) is 0.244. The number of rotatable bonds is 7. The van der Waals surface area contributed by atoms with Gasteiger partial charge in [0.1, 0.15) is 10.8 Å². The molecule has 3 aromatic carbocycles. The molecular weight excluding hydrogens is 599 g/mol. The van der Waals surface area contributed by atoms with E-state index in [2.05, 4.69) is 152 Å². The summed E-state index contributed by atoms with van der Waals surface area (Å²) in [5.41, 5.74) is 9.47. The van der Waals surface area contributed by atoms with Crippen LogP contribution in [0, 0.1) is 0 Å². The lowest BCUT2D eigenvalue weighted by Gasteiger charge is -2.34. The Morgan fingerprint density at radius 2 is 1.41 bits per heavy atom. The van der Waals surface area contributed by atoms with Gasteiger partial charge in [-0.05, 0) is 93.9 Å². The Morgan fingerprint density at radius 3 is 2.04 bits per heavy atom. The zero-order valence-corrected chi connectivity index (χ0v) is 30.0.